The normalized spacial score (nSPS) is 11.8. The molecule has 0 unspecified atom stereocenters. The van der Waals surface area contributed by atoms with Gasteiger partial charge in [0.2, 0.25) is 0 Å². The van der Waals surface area contributed by atoms with Gasteiger partial charge in [0, 0.05) is 29.3 Å². The summed E-state index contributed by atoms with van der Waals surface area (Å²) >= 11 is 0.708. The smallest absolute Gasteiger partial charge is 0.280 e. The summed E-state index contributed by atoms with van der Waals surface area (Å²) in [5.74, 6) is -2.41. The van der Waals surface area contributed by atoms with E-state index < -0.39 is 41.9 Å². The van der Waals surface area contributed by atoms with Gasteiger partial charge in [0.1, 0.15) is 32.5 Å². The largest absolute Gasteiger partial charge is 0.365 e. The number of aromatic nitrogens is 6. The second-order valence-electron chi connectivity index (χ2n) is 9.63. The average Bonchev–Trinajstić information content (AvgIpc) is 3.67. The lowest BCUT2D eigenvalue weighted by molar-refractivity contribution is 0.100. The topological polar surface area (TPSA) is 133 Å². The van der Waals surface area contributed by atoms with Gasteiger partial charge in [0.05, 0.1) is 23.8 Å². The maximum atomic E-state index is 14.1. The number of hydrogen-bond acceptors (Lipinski definition) is 7. The predicted octanol–water partition coefficient (Wildman–Crippen LogP) is 6.08. The fourth-order valence-corrected chi connectivity index (χ4v) is 5.76. The van der Waals surface area contributed by atoms with Gasteiger partial charge in [-0.1, -0.05) is 0 Å². The summed E-state index contributed by atoms with van der Waals surface area (Å²) in [4.78, 5) is 34.4. The van der Waals surface area contributed by atoms with Gasteiger partial charge >= 0.3 is 0 Å². The van der Waals surface area contributed by atoms with E-state index in [9.17, 15) is 31.5 Å². The first kappa shape index (κ1) is 28.9. The number of amides is 2. The lowest BCUT2D eigenvalue weighted by Crippen LogP contribution is -2.17. The second kappa shape index (κ2) is 10.8. The van der Waals surface area contributed by atoms with Crippen LogP contribution in [0.1, 0.15) is 50.0 Å². The molecule has 0 bridgehead atoms. The number of primary amides is 1. The number of hydrogen-bond donors (Lipinski definition) is 2. The van der Waals surface area contributed by atoms with Gasteiger partial charge in [-0.3, -0.25) is 14.3 Å². The van der Waals surface area contributed by atoms with Gasteiger partial charge in [0.25, 0.3) is 24.7 Å². The van der Waals surface area contributed by atoms with Gasteiger partial charge in [-0.2, -0.15) is 10.2 Å². The molecule has 6 rings (SSSR count). The number of nitrogens with one attached hydrogen (secondary N) is 1. The maximum absolute atomic E-state index is 14.1. The molecule has 5 aromatic heterocycles. The Balaban J connectivity index is 1.53. The van der Waals surface area contributed by atoms with E-state index in [1.807, 2.05) is 0 Å². The van der Waals surface area contributed by atoms with Crippen molar-refractivity contribution in [3.8, 4) is 22.4 Å². The van der Waals surface area contributed by atoms with E-state index in [0.717, 1.165) is 35.0 Å². The quantitative estimate of drug-likeness (QED) is 0.207. The van der Waals surface area contributed by atoms with Crippen LogP contribution in [-0.2, 0) is 7.05 Å². The molecule has 16 heteroatoms. The molecule has 0 aliphatic carbocycles. The summed E-state index contributed by atoms with van der Waals surface area (Å²) in [5.41, 5.74) is 5.45. The molecule has 0 saturated carbocycles. The molecule has 1 aromatic carbocycles. The van der Waals surface area contributed by atoms with Crippen molar-refractivity contribution >= 4 is 44.7 Å². The number of thiophene rings is 1. The molecule has 0 atom stereocenters. The minimum Gasteiger partial charge on any atom is -0.365 e. The van der Waals surface area contributed by atoms with E-state index in [2.05, 4.69) is 25.5 Å². The van der Waals surface area contributed by atoms with Gasteiger partial charge in [-0.05, 0) is 48.9 Å². The monoisotopic (exact) mass is 626 g/mol. The number of pyridine rings is 1. The Hall–Kier alpha value is -5.25. The molecule has 0 saturated heterocycles. The highest BCUT2D eigenvalue weighted by Gasteiger charge is 2.28. The number of anilines is 1. The fraction of sp³-hybridized carbons (Fsp3) is 0.143. The van der Waals surface area contributed by atoms with Crippen LogP contribution >= 0.6 is 11.3 Å². The van der Waals surface area contributed by atoms with Gasteiger partial charge in [-0.15, -0.1) is 11.3 Å². The van der Waals surface area contributed by atoms with Gasteiger partial charge in [-0.25, -0.2) is 36.4 Å². The fourth-order valence-electron chi connectivity index (χ4n) is 4.75. The highest BCUT2D eigenvalue weighted by atomic mass is 32.1. The van der Waals surface area contributed by atoms with Crippen molar-refractivity contribution in [3.63, 3.8) is 0 Å². The first-order valence-electron chi connectivity index (χ1n) is 12.7. The molecular formula is C28H19F5N8O2S. The van der Waals surface area contributed by atoms with Crippen LogP contribution in [0.25, 0.3) is 38.2 Å². The van der Waals surface area contributed by atoms with E-state index in [4.69, 9.17) is 5.73 Å². The Morgan fingerprint density at radius 3 is 2.32 bits per heavy atom. The zero-order chi connectivity index (χ0) is 31.4. The molecule has 224 valence electrons. The Morgan fingerprint density at radius 1 is 0.977 bits per heavy atom. The summed E-state index contributed by atoms with van der Waals surface area (Å²) in [7, 11) is 1.66. The number of carbonyl (C=O) groups is 2. The molecule has 3 N–H and O–H groups in total. The van der Waals surface area contributed by atoms with Crippen molar-refractivity contribution < 1.29 is 31.5 Å². The maximum Gasteiger partial charge on any atom is 0.280 e. The van der Waals surface area contributed by atoms with Crippen LogP contribution in [0.2, 0.25) is 0 Å². The van der Waals surface area contributed by atoms with E-state index in [1.54, 1.807) is 14.0 Å². The summed E-state index contributed by atoms with van der Waals surface area (Å²) in [6.45, 7) is 1.71. The summed E-state index contributed by atoms with van der Waals surface area (Å²) < 4.78 is 71.6. The minimum absolute atomic E-state index is 0.00160. The van der Waals surface area contributed by atoms with Crippen molar-refractivity contribution in [3.05, 3.63) is 82.1 Å². The molecule has 0 aliphatic rings. The molecule has 0 aliphatic heterocycles. The van der Waals surface area contributed by atoms with Crippen LogP contribution in [0.3, 0.4) is 0 Å². The molecule has 10 nitrogen and oxygen atoms in total. The number of halogens is 5. The molecule has 0 radical (unpaired) electrons. The van der Waals surface area contributed by atoms with E-state index in [-0.39, 0.29) is 43.2 Å². The molecule has 2 amide bonds. The second-order valence-corrected chi connectivity index (χ2v) is 10.6. The van der Waals surface area contributed by atoms with Crippen LogP contribution in [-0.4, -0.2) is 41.2 Å². The number of nitrogens with zero attached hydrogens (tertiary/aromatic N) is 6. The standard InChI is InChI=1S/C28H19F5N8O2S/c1-11-15(9-35-40(11)2)14-7-18(23(30)31)38-28-20(14)21(22(44-28)25(34)42)39-27(43)16-10-36-41-19(24(32)33)8-17(37-26(16)41)12-3-5-13(29)6-4-12/h3-10,23-24H,1-2H3,(H2,34,42)(H,39,43). The van der Waals surface area contributed by atoms with Crippen molar-refractivity contribution in [2.24, 2.45) is 12.8 Å². The third-order valence-electron chi connectivity index (χ3n) is 7.00. The SMILES string of the molecule is Cc1c(-c2cc(C(F)F)nc3sc(C(N)=O)c(NC(=O)c4cnn5c(C(F)F)cc(-c6ccc(F)cc6)nc45)c23)cnn1C. The number of rotatable bonds is 7. The van der Waals surface area contributed by atoms with Crippen molar-refractivity contribution in [1.29, 1.82) is 0 Å². The van der Waals surface area contributed by atoms with Crippen LogP contribution in [0, 0.1) is 12.7 Å². The Bertz CT molecular complexity index is 2100. The number of benzene rings is 1. The van der Waals surface area contributed by atoms with E-state index in [0.29, 0.717) is 28.2 Å². The summed E-state index contributed by atoms with van der Waals surface area (Å²) in [6.07, 6.45) is -3.49. The van der Waals surface area contributed by atoms with Gasteiger partial charge < -0.3 is 11.1 Å². The third kappa shape index (κ3) is 4.82. The van der Waals surface area contributed by atoms with E-state index in [1.165, 1.54) is 23.0 Å². The molecule has 0 spiro atoms. The first-order chi connectivity index (χ1) is 20.9. The van der Waals surface area contributed by atoms with E-state index >= 15 is 0 Å². The molecule has 0 fully saturated rings. The Morgan fingerprint density at radius 2 is 1.70 bits per heavy atom. The lowest BCUT2D eigenvalue weighted by Gasteiger charge is -2.11. The Kier molecular flexibility index (Phi) is 7.07. The van der Waals surface area contributed by atoms with Crippen LogP contribution in [0.15, 0.2) is 48.8 Å². The average molecular weight is 627 g/mol. The Labute approximate surface area is 248 Å². The number of carbonyl (C=O) groups excluding carboxylic acids is 2. The predicted molar refractivity (Wildman–Crippen MR) is 151 cm³/mol. The van der Waals surface area contributed by atoms with Gasteiger partial charge in [0.15, 0.2) is 5.65 Å². The zero-order valence-electron chi connectivity index (χ0n) is 22.6. The number of nitrogens with two attached hydrogens (primary N) is 1. The van der Waals surface area contributed by atoms with Crippen LogP contribution < -0.4 is 11.1 Å². The number of aryl methyl sites for hydroxylation is 1. The summed E-state index contributed by atoms with van der Waals surface area (Å²) in [6, 6.07) is 7.18. The van der Waals surface area contributed by atoms with Crippen LogP contribution in [0.4, 0.5) is 27.6 Å². The zero-order valence-corrected chi connectivity index (χ0v) is 23.5. The number of fused-ring (bicyclic) bond motifs is 2. The molecule has 44 heavy (non-hydrogen) atoms. The van der Waals surface area contributed by atoms with Crippen molar-refractivity contribution in [1.82, 2.24) is 29.4 Å². The number of alkyl halides is 4. The first-order valence-corrected chi connectivity index (χ1v) is 13.5. The molecule has 6 aromatic rings. The highest BCUT2D eigenvalue weighted by Crippen LogP contribution is 2.43. The van der Waals surface area contributed by atoms with Crippen LogP contribution in [0.5, 0.6) is 0 Å². The third-order valence-corrected chi connectivity index (χ3v) is 8.10. The van der Waals surface area contributed by atoms with Crippen molar-refractivity contribution in [2.75, 3.05) is 5.32 Å². The summed E-state index contributed by atoms with van der Waals surface area (Å²) in [5, 5.41) is 10.9. The molecule has 5 heterocycles. The van der Waals surface area contributed by atoms with Crippen molar-refractivity contribution in [2.45, 2.75) is 19.8 Å². The minimum atomic E-state index is -3.02. The molecular weight excluding hydrogens is 607 g/mol. The lowest BCUT2D eigenvalue weighted by atomic mass is 10.0. The highest BCUT2D eigenvalue weighted by molar-refractivity contribution is 7.21.